The largest absolute Gasteiger partial charge is 0.338 e. The van der Waals surface area contributed by atoms with Crippen LogP contribution in [0.3, 0.4) is 0 Å². The molecule has 4 N–H and O–H groups in total. The van der Waals surface area contributed by atoms with Gasteiger partial charge in [-0.05, 0) is 60.1 Å². The van der Waals surface area contributed by atoms with Crippen molar-refractivity contribution in [1.82, 2.24) is 10.6 Å². The summed E-state index contributed by atoms with van der Waals surface area (Å²) < 4.78 is 46.1. The van der Waals surface area contributed by atoms with Crippen LogP contribution in [0.2, 0.25) is 0 Å². The summed E-state index contributed by atoms with van der Waals surface area (Å²) in [6.07, 6.45) is 1.15. The molecular weight excluding hydrogens is 504 g/mol. The van der Waals surface area contributed by atoms with Crippen molar-refractivity contribution in [2.24, 2.45) is 11.8 Å². The van der Waals surface area contributed by atoms with Gasteiger partial charge in [0.1, 0.15) is 0 Å². The zero-order valence-corrected chi connectivity index (χ0v) is 21.3. The molecule has 0 saturated carbocycles. The van der Waals surface area contributed by atoms with Crippen molar-refractivity contribution in [3.63, 3.8) is 0 Å². The Morgan fingerprint density at radius 1 is 0.639 bits per heavy atom. The first kappa shape index (κ1) is 26.0. The van der Waals surface area contributed by atoms with Gasteiger partial charge in [-0.2, -0.15) is 0 Å². The van der Waals surface area contributed by atoms with Crippen LogP contribution < -0.4 is 21.3 Å². The number of carbonyl (C=O) groups excluding carboxylic acids is 2. The fraction of sp³-hybridized carbons (Fsp3) is 0.417. The molecule has 0 spiro atoms. The highest BCUT2D eigenvalue weighted by atomic mass is 32.2. The van der Waals surface area contributed by atoms with E-state index in [0.717, 1.165) is 11.1 Å². The Morgan fingerprint density at radius 3 is 1.31 bits per heavy atom. The van der Waals surface area contributed by atoms with E-state index >= 15 is 0 Å². The number of sulfone groups is 2. The predicted molar refractivity (Wildman–Crippen MR) is 139 cm³/mol. The summed E-state index contributed by atoms with van der Waals surface area (Å²) in [7, 11) is -5.93. The molecule has 0 aliphatic carbocycles. The van der Waals surface area contributed by atoms with Crippen LogP contribution in [-0.4, -0.2) is 65.0 Å². The van der Waals surface area contributed by atoms with E-state index in [2.05, 4.69) is 21.3 Å². The van der Waals surface area contributed by atoms with Crippen molar-refractivity contribution < 1.29 is 26.4 Å². The molecular formula is C24H30N4O6S2. The molecule has 2 aliphatic rings. The van der Waals surface area contributed by atoms with Crippen LogP contribution in [0.1, 0.15) is 12.8 Å². The molecule has 2 heterocycles. The molecule has 2 fully saturated rings. The third kappa shape index (κ3) is 7.44. The van der Waals surface area contributed by atoms with Crippen LogP contribution >= 0.6 is 0 Å². The molecule has 36 heavy (non-hydrogen) atoms. The van der Waals surface area contributed by atoms with E-state index in [-0.39, 0.29) is 46.9 Å². The van der Waals surface area contributed by atoms with E-state index in [1.807, 2.05) is 24.3 Å². The van der Waals surface area contributed by atoms with Crippen molar-refractivity contribution >= 4 is 43.1 Å². The zero-order valence-electron chi connectivity index (χ0n) is 19.7. The lowest BCUT2D eigenvalue weighted by atomic mass is 10.1. The van der Waals surface area contributed by atoms with Gasteiger partial charge in [0.05, 0.1) is 23.0 Å². The van der Waals surface area contributed by atoms with Crippen molar-refractivity contribution in [1.29, 1.82) is 0 Å². The second-order valence-corrected chi connectivity index (χ2v) is 13.8. The number of anilines is 2. The Kier molecular flexibility index (Phi) is 7.84. The molecule has 2 atom stereocenters. The number of amides is 4. The number of nitrogens with one attached hydrogen (secondary N) is 4. The molecule has 2 saturated heterocycles. The first-order chi connectivity index (χ1) is 17.1. The van der Waals surface area contributed by atoms with E-state index in [9.17, 15) is 26.4 Å². The lowest BCUT2D eigenvalue weighted by Crippen LogP contribution is -2.33. The zero-order chi connectivity index (χ0) is 25.8. The van der Waals surface area contributed by atoms with E-state index in [1.165, 1.54) is 0 Å². The molecule has 2 aliphatic heterocycles. The molecule has 12 heteroatoms. The van der Waals surface area contributed by atoms with Crippen molar-refractivity contribution in [3.8, 4) is 11.1 Å². The highest BCUT2D eigenvalue weighted by molar-refractivity contribution is 7.91. The number of hydrogen-bond donors (Lipinski definition) is 4. The third-order valence-corrected chi connectivity index (χ3v) is 10.0. The molecule has 0 aromatic heterocycles. The second-order valence-electron chi connectivity index (χ2n) is 9.36. The Hall–Kier alpha value is -3.12. The third-order valence-electron chi connectivity index (χ3n) is 6.37. The molecule has 4 rings (SSSR count). The summed E-state index contributed by atoms with van der Waals surface area (Å²) >= 11 is 0. The van der Waals surface area contributed by atoms with Gasteiger partial charge in [-0.15, -0.1) is 0 Å². The highest BCUT2D eigenvalue weighted by Gasteiger charge is 2.28. The van der Waals surface area contributed by atoms with Crippen LogP contribution in [-0.2, 0) is 19.7 Å². The number of carbonyl (C=O) groups is 2. The van der Waals surface area contributed by atoms with Gasteiger partial charge in [0.15, 0.2) is 19.7 Å². The molecule has 0 bridgehead atoms. The number of urea groups is 2. The SMILES string of the molecule is O=C(NC[C@H]1CCS(=O)(=O)C1)Nc1ccc(-c2ccc(NC(=O)NC[C@H]3CCS(=O)(=O)C3)cc2)cc1. The van der Waals surface area contributed by atoms with Gasteiger partial charge in [0.2, 0.25) is 0 Å². The van der Waals surface area contributed by atoms with Crippen molar-refractivity contribution in [2.75, 3.05) is 46.7 Å². The van der Waals surface area contributed by atoms with Crippen LogP contribution in [0.25, 0.3) is 11.1 Å². The maximum absolute atomic E-state index is 12.1. The van der Waals surface area contributed by atoms with Crippen LogP contribution in [0.15, 0.2) is 48.5 Å². The van der Waals surface area contributed by atoms with Gasteiger partial charge in [0.25, 0.3) is 0 Å². The summed E-state index contributed by atoms with van der Waals surface area (Å²) in [6.45, 7) is 0.647. The number of benzene rings is 2. The molecule has 0 unspecified atom stereocenters. The van der Waals surface area contributed by atoms with Gasteiger partial charge < -0.3 is 21.3 Å². The summed E-state index contributed by atoms with van der Waals surface area (Å²) in [5.41, 5.74) is 3.08. The number of rotatable bonds is 7. The molecule has 2 aromatic rings. The van der Waals surface area contributed by atoms with Crippen molar-refractivity contribution in [3.05, 3.63) is 48.5 Å². The highest BCUT2D eigenvalue weighted by Crippen LogP contribution is 2.24. The molecule has 10 nitrogen and oxygen atoms in total. The Morgan fingerprint density at radius 2 is 1.00 bits per heavy atom. The maximum Gasteiger partial charge on any atom is 0.319 e. The molecule has 2 aromatic carbocycles. The quantitative estimate of drug-likeness (QED) is 0.429. The van der Waals surface area contributed by atoms with Crippen LogP contribution in [0, 0.1) is 11.8 Å². The standard InChI is InChI=1S/C24H30N4O6S2/c29-23(25-13-17-9-11-35(31,32)15-17)27-21-5-1-19(2-6-21)20-3-7-22(8-4-20)28-24(30)26-14-18-10-12-36(33,34)16-18/h1-8,17-18H,9-16H2,(H2,25,27,29)(H2,26,28,30)/t17-,18-/m1/s1. The summed E-state index contributed by atoms with van der Waals surface area (Å²) in [6, 6.07) is 13.8. The van der Waals surface area contributed by atoms with Gasteiger partial charge >= 0.3 is 12.1 Å². The predicted octanol–water partition coefficient (Wildman–Crippen LogP) is 2.47. The van der Waals surface area contributed by atoms with E-state index in [1.54, 1.807) is 24.3 Å². The maximum atomic E-state index is 12.1. The second kappa shape index (κ2) is 10.9. The first-order valence-electron chi connectivity index (χ1n) is 11.8. The van der Waals surface area contributed by atoms with Crippen molar-refractivity contribution in [2.45, 2.75) is 12.8 Å². The normalized spacial score (nSPS) is 22.0. The lowest BCUT2D eigenvalue weighted by molar-refractivity contribution is 0.250. The van der Waals surface area contributed by atoms with E-state index in [4.69, 9.17) is 0 Å². The van der Waals surface area contributed by atoms with Gasteiger partial charge in [0, 0.05) is 24.5 Å². The minimum atomic E-state index is -2.97. The Bertz CT molecular complexity index is 1210. The number of hydrogen-bond acceptors (Lipinski definition) is 6. The first-order valence-corrected chi connectivity index (χ1v) is 15.4. The van der Waals surface area contributed by atoms with Gasteiger partial charge in [-0.3, -0.25) is 0 Å². The van der Waals surface area contributed by atoms with Gasteiger partial charge in [-0.1, -0.05) is 24.3 Å². The topological polar surface area (TPSA) is 151 Å². The minimum absolute atomic E-state index is 0.0437. The molecule has 4 amide bonds. The summed E-state index contributed by atoms with van der Waals surface area (Å²) in [4.78, 5) is 24.2. The van der Waals surface area contributed by atoms with E-state index in [0.29, 0.717) is 37.3 Å². The monoisotopic (exact) mass is 534 g/mol. The lowest BCUT2D eigenvalue weighted by Gasteiger charge is -2.12. The van der Waals surface area contributed by atoms with Crippen LogP contribution in [0.5, 0.6) is 0 Å². The Balaban J connectivity index is 1.22. The fourth-order valence-electron chi connectivity index (χ4n) is 4.38. The smallest absolute Gasteiger partial charge is 0.319 e. The van der Waals surface area contributed by atoms with Gasteiger partial charge in [-0.25, -0.2) is 26.4 Å². The van der Waals surface area contributed by atoms with E-state index < -0.39 is 19.7 Å². The molecule has 194 valence electrons. The summed E-state index contributed by atoms with van der Waals surface area (Å²) in [5.74, 6) is 0.514. The average Bonchev–Trinajstić information content (AvgIpc) is 3.37. The molecule has 0 radical (unpaired) electrons. The average molecular weight is 535 g/mol. The van der Waals surface area contributed by atoms with Crippen LogP contribution in [0.4, 0.5) is 21.0 Å². The minimum Gasteiger partial charge on any atom is -0.338 e. The fourth-order valence-corrected chi connectivity index (χ4v) is 8.11. The Labute approximate surface area is 211 Å². The summed E-state index contributed by atoms with van der Waals surface area (Å²) in [5, 5.41) is 10.9.